The van der Waals surface area contributed by atoms with Crippen molar-refractivity contribution in [3.63, 3.8) is 0 Å². The Morgan fingerprint density at radius 2 is 0.773 bits per heavy atom. The van der Waals surface area contributed by atoms with Gasteiger partial charge < -0.3 is 0 Å². The predicted octanol–water partition coefficient (Wildman–Crippen LogP) is 17.4. The van der Waals surface area contributed by atoms with E-state index in [0.717, 1.165) is 44.6 Å². The van der Waals surface area contributed by atoms with Gasteiger partial charge >= 0.3 is 0 Å². The number of aryl methyl sites for hydroxylation is 4. The van der Waals surface area contributed by atoms with Crippen molar-refractivity contribution in [2.75, 3.05) is 0 Å². The van der Waals surface area contributed by atoms with E-state index >= 15 is 0 Å². The molecule has 66 heavy (non-hydrogen) atoms. The highest BCUT2D eigenvalue weighted by Crippen LogP contribution is 2.39. The fourth-order valence-corrected chi connectivity index (χ4v) is 9.01. The molecule has 1 heteroatoms. The van der Waals surface area contributed by atoms with Gasteiger partial charge in [0.1, 0.15) is 0 Å². The second kappa shape index (κ2) is 17.7. The smallest absolute Gasteiger partial charge is 0.0708 e. The molecule has 0 aliphatic heterocycles. The van der Waals surface area contributed by atoms with Crippen LogP contribution < -0.4 is 0 Å². The molecule has 0 aliphatic rings. The molecule has 0 amide bonds. The first-order valence-electron chi connectivity index (χ1n) is 26.8. The third-order valence-electron chi connectivity index (χ3n) is 12.7. The average Bonchev–Trinajstić information content (AvgIpc) is 3.40. The highest BCUT2D eigenvalue weighted by Gasteiger charge is 2.17. The Balaban J connectivity index is 1.05. The van der Waals surface area contributed by atoms with Crippen LogP contribution in [0.15, 0.2) is 200 Å². The minimum atomic E-state index is -2.71. The Morgan fingerprint density at radius 1 is 0.333 bits per heavy atom. The highest BCUT2D eigenvalue weighted by molar-refractivity contribution is 6.25. The van der Waals surface area contributed by atoms with Crippen molar-refractivity contribution < 1.29 is 11.0 Å². The molecule has 0 saturated carbocycles. The number of nitrogens with zero attached hydrogens (tertiary/aromatic N) is 1. The summed E-state index contributed by atoms with van der Waals surface area (Å²) in [5, 5.41) is 7.29. The van der Waals surface area contributed by atoms with Crippen molar-refractivity contribution >= 4 is 32.3 Å². The summed E-state index contributed by atoms with van der Waals surface area (Å²) in [4.78, 5) is 4.81. The molecule has 0 aliphatic carbocycles. The van der Waals surface area contributed by atoms with E-state index in [-0.39, 0.29) is 33.1 Å². The fraction of sp³-hybridized carbons (Fsp3) is 0.185. The van der Waals surface area contributed by atoms with Crippen LogP contribution in [0.25, 0.3) is 77.0 Å². The number of fused-ring (bicyclic) bond motifs is 6. The van der Waals surface area contributed by atoms with Crippen LogP contribution in [0, 0.1) is 0 Å². The van der Waals surface area contributed by atoms with Gasteiger partial charge in [0.15, 0.2) is 0 Å². The standard InChI is InChI=1S/C65H59N/c1-64(2,3)53-17-13-15-44(40-53)25-27-46-37-47(28-26-45-16-14-18-54(41-45)65(4,5)6)39-52(38-46)56-20-8-7-19-55(56)48-29-31-49(32-30-48)63-43-51(35-36-66-63)50-33-34-61-59-23-10-9-21-57(59)58-22-11-12-24-60(58)62(61)42-50/h7-24,29-43H,25-28H2,1-6H3/i25D2,26D2,27D2,28D2. The summed E-state index contributed by atoms with van der Waals surface area (Å²) >= 11 is 0. The van der Waals surface area contributed by atoms with Gasteiger partial charge in [0, 0.05) is 22.7 Å². The van der Waals surface area contributed by atoms with Crippen molar-refractivity contribution in [1.82, 2.24) is 4.98 Å². The molecular weight excluding hydrogens is 795 g/mol. The summed E-state index contributed by atoms with van der Waals surface area (Å²) in [7, 11) is 0. The molecule has 0 bridgehead atoms. The number of hydrogen-bond acceptors (Lipinski definition) is 1. The second-order valence-corrected chi connectivity index (χ2v) is 19.4. The van der Waals surface area contributed by atoms with Gasteiger partial charge in [-0.1, -0.05) is 217 Å². The van der Waals surface area contributed by atoms with Crippen molar-refractivity contribution in [2.45, 2.75) is 77.9 Å². The van der Waals surface area contributed by atoms with Crippen molar-refractivity contribution in [3.05, 3.63) is 234 Å². The third-order valence-corrected chi connectivity index (χ3v) is 12.7. The second-order valence-electron chi connectivity index (χ2n) is 19.4. The lowest BCUT2D eigenvalue weighted by Gasteiger charge is -2.20. The van der Waals surface area contributed by atoms with Gasteiger partial charge in [-0.15, -0.1) is 0 Å². The van der Waals surface area contributed by atoms with E-state index in [4.69, 9.17) is 4.98 Å². The van der Waals surface area contributed by atoms with Crippen LogP contribution in [-0.4, -0.2) is 4.98 Å². The molecule has 0 saturated heterocycles. The Morgan fingerprint density at radius 3 is 1.32 bits per heavy atom. The molecule has 0 N–H and O–H groups in total. The van der Waals surface area contributed by atoms with Crippen molar-refractivity contribution in [3.8, 4) is 44.6 Å². The van der Waals surface area contributed by atoms with Gasteiger partial charge in [-0.2, -0.15) is 0 Å². The maximum absolute atomic E-state index is 9.67. The van der Waals surface area contributed by atoms with Crippen LogP contribution in [0.2, 0.25) is 0 Å². The largest absolute Gasteiger partial charge is 0.256 e. The molecule has 324 valence electrons. The molecule has 9 aromatic carbocycles. The van der Waals surface area contributed by atoms with E-state index in [2.05, 4.69) is 72.8 Å². The molecular formula is C65H59N. The predicted molar refractivity (Wildman–Crippen MR) is 284 cm³/mol. The zero-order chi connectivity index (χ0) is 52.6. The van der Waals surface area contributed by atoms with E-state index in [1.807, 2.05) is 114 Å². The lowest BCUT2D eigenvalue weighted by atomic mass is 9.85. The van der Waals surface area contributed by atoms with Crippen LogP contribution >= 0.6 is 0 Å². The van der Waals surface area contributed by atoms with Crippen LogP contribution in [0.1, 0.15) is 85.9 Å². The molecule has 0 unspecified atom stereocenters. The van der Waals surface area contributed by atoms with Gasteiger partial charge in [-0.05, 0) is 154 Å². The van der Waals surface area contributed by atoms with Gasteiger partial charge in [-0.3, -0.25) is 4.98 Å². The normalized spacial score (nSPS) is 14.7. The van der Waals surface area contributed by atoms with E-state index in [9.17, 15) is 11.0 Å². The molecule has 0 fully saturated rings. The maximum Gasteiger partial charge on any atom is 0.0708 e. The van der Waals surface area contributed by atoms with E-state index in [0.29, 0.717) is 11.1 Å². The number of rotatable bonds is 10. The number of pyridine rings is 1. The van der Waals surface area contributed by atoms with Crippen LogP contribution in [0.3, 0.4) is 0 Å². The Bertz CT molecular complexity index is 3630. The summed E-state index contributed by atoms with van der Waals surface area (Å²) in [5.41, 5.74) is 7.66. The van der Waals surface area contributed by atoms with Crippen LogP contribution in [0.5, 0.6) is 0 Å². The Kier molecular flexibility index (Phi) is 9.20. The summed E-state index contributed by atoms with van der Waals surface area (Å²) < 4.78 is 76.6. The minimum Gasteiger partial charge on any atom is -0.256 e. The summed E-state index contributed by atoms with van der Waals surface area (Å²) in [6.07, 6.45) is -8.76. The maximum atomic E-state index is 9.67. The molecule has 10 rings (SSSR count). The van der Waals surface area contributed by atoms with Crippen molar-refractivity contribution in [1.29, 1.82) is 0 Å². The zero-order valence-electron chi connectivity index (χ0n) is 46.5. The van der Waals surface area contributed by atoms with Crippen LogP contribution in [-0.2, 0) is 36.3 Å². The summed E-state index contributed by atoms with van der Waals surface area (Å²) in [5.74, 6) is 0. The summed E-state index contributed by atoms with van der Waals surface area (Å²) in [6, 6.07) is 62.1. The molecule has 0 spiro atoms. The molecule has 1 aromatic heterocycles. The van der Waals surface area contributed by atoms with Gasteiger partial charge in [0.2, 0.25) is 0 Å². The zero-order valence-corrected chi connectivity index (χ0v) is 38.5. The van der Waals surface area contributed by atoms with Crippen LogP contribution in [0.4, 0.5) is 0 Å². The molecule has 10 aromatic rings. The van der Waals surface area contributed by atoms with E-state index < -0.39 is 25.5 Å². The number of hydrogen-bond donors (Lipinski definition) is 0. The Hall–Kier alpha value is -7.09. The number of aromatic nitrogens is 1. The lowest BCUT2D eigenvalue weighted by Crippen LogP contribution is -2.11. The first kappa shape index (κ1) is 34.3. The quantitative estimate of drug-likeness (QED) is 0.125. The third kappa shape index (κ3) is 8.96. The minimum absolute atomic E-state index is 0.108. The molecule has 0 radical (unpaired) electrons. The SMILES string of the molecule is [2H]C([2H])(c1cccc(C(C)(C)C)c1)C([2H])([2H])c1cc(-c2ccccc2-c2ccc(-c3cc(-c4ccc5c6ccccc6c6ccccc6c5c4)ccn3)cc2)cc(C([2H])([2H])C([2H])([2H])c2cccc(C(C)(C)C)c2)c1. The molecule has 1 heterocycles. The Labute approximate surface area is 403 Å². The van der Waals surface area contributed by atoms with Gasteiger partial charge in [0.25, 0.3) is 0 Å². The van der Waals surface area contributed by atoms with Gasteiger partial charge in [0.05, 0.1) is 5.69 Å². The highest BCUT2D eigenvalue weighted by atomic mass is 14.7. The van der Waals surface area contributed by atoms with Crippen molar-refractivity contribution in [2.24, 2.45) is 0 Å². The average molecular weight is 862 g/mol. The monoisotopic (exact) mass is 862 g/mol. The molecule has 0 atom stereocenters. The fourth-order valence-electron chi connectivity index (χ4n) is 9.01. The number of benzene rings is 9. The van der Waals surface area contributed by atoms with E-state index in [1.165, 1.54) is 38.4 Å². The topological polar surface area (TPSA) is 12.9 Å². The molecule has 1 nitrogen and oxygen atoms in total. The van der Waals surface area contributed by atoms with Gasteiger partial charge in [-0.25, -0.2) is 0 Å². The summed E-state index contributed by atoms with van der Waals surface area (Å²) in [6.45, 7) is 12.1. The first-order chi connectivity index (χ1) is 35.0. The lowest BCUT2D eigenvalue weighted by molar-refractivity contribution is 0.589. The first-order valence-corrected chi connectivity index (χ1v) is 22.8. The van der Waals surface area contributed by atoms with E-state index in [1.54, 1.807) is 48.5 Å².